The van der Waals surface area contributed by atoms with Gasteiger partial charge < -0.3 is 10.1 Å². The van der Waals surface area contributed by atoms with Crippen molar-refractivity contribution in [2.45, 2.75) is 19.9 Å². The fourth-order valence-corrected chi connectivity index (χ4v) is 1.44. The number of carbonyl (C=O) groups excluding carboxylic acids is 1. The summed E-state index contributed by atoms with van der Waals surface area (Å²) in [4.78, 5) is 10.8. The summed E-state index contributed by atoms with van der Waals surface area (Å²) in [6.07, 6.45) is 3.99. The van der Waals surface area contributed by atoms with Crippen molar-refractivity contribution in [3.8, 4) is 0 Å². The normalized spacial score (nSPS) is 10.4. The molecule has 1 N–H and O–H groups in total. The van der Waals surface area contributed by atoms with Crippen LogP contribution in [0.4, 0.5) is 0 Å². The van der Waals surface area contributed by atoms with Crippen molar-refractivity contribution in [2.75, 3.05) is 7.11 Å². The Balaban J connectivity index is 2.48. The lowest BCUT2D eigenvalue weighted by Gasteiger charge is -2.06. The van der Waals surface area contributed by atoms with Gasteiger partial charge in [0.1, 0.15) is 0 Å². The summed E-state index contributed by atoms with van der Waals surface area (Å²) in [5.41, 5.74) is 2.57. The number of rotatable bonds is 5. The first-order valence-electron chi connectivity index (χ1n) is 5.32. The molecule has 0 atom stereocenters. The number of carbonyl (C=O) groups is 1. The van der Waals surface area contributed by atoms with Crippen LogP contribution in [0.25, 0.3) is 0 Å². The zero-order valence-corrected chi connectivity index (χ0v) is 9.69. The molecule has 0 aliphatic carbocycles. The van der Waals surface area contributed by atoms with Crippen molar-refractivity contribution >= 4 is 5.97 Å². The van der Waals surface area contributed by atoms with E-state index in [1.165, 1.54) is 24.3 Å². The Morgan fingerprint density at radius 1 is 1.38 bits per heavy atom. The molecular formula is C13H17NO2. The zero-order chi connectivity index (χ0) is 11.8. The lowest BCUT2D eigenvalue weighted by atomic mass is 10.1. The molecule has 86 valence electrons. The number of ether oxygens (including phenoxy) is 1. The van der Waals surface area contributed by atoms with Crippen molar-refractivity contribution in [3.05, 3.63) is 47.7 Å². The van der Waals surface area contributed by atoms with Crippen molar-refractivity contribution in [1.29, 1.82) is 0 Å². The second-order valence-corrected chi connectivity index (χ2v) is 3.36. The van der Waals surface area contributed by atoms with Gasteiger partial charge in [0.25, 0.3) is 0 Å². The highest BCUT2D eigenvalue weighted by Gasteiger charge is 1.97. The average molecular weight is 219 g/mol. The van der Waals surface area contributed by atoms with Gasteiger partial charge in [-0.25, -0.2) is 4.79 Å². The van der Waals surface area contributed by atoms with Crippen LogP contribution in [0.3, 0.4) is 0 Å². The second kappa shape index (κ2) is 6.67. The standard InChI is InChI=1S/C13H17NO2/c1-3-11-6-4-5-7-12(11)10-14-9-8-13(15)16-2/h4-9,14H,3,10H2,1-2H3/b9-8+. The van der Waals surface area contributed by atoms with Crippen molar-refractivity contribution < 1.29 is 9.53 Å². The Labute approximate surface area is 96.1 Å². The largest absolute Gasteiger partial charge is 0.466 e. The van der Waals surface area contributed by atoms with Crippen molar-refractivity contribution in [1.82, 2.24) is 5.32 Å². The third-order valence-electron chi connectivity index (χ3n) is 2.33. The molecule has 0 amide bonds. The molecule has 0 heterocycles. The van der Waals surface area contributed by atoms with Crippen LogP contribution in [0.2, 0.25) is 0 Å². The Hall–Kier alpha value is -1.77. The van der Waals surface area contributed by atoms with Crippen LogP contribution in [0.15, 0.2) is 36.5 Å². The van der Waals surface area contributed by atoms with Gasteiger partial charge in [0.15, 0.2) is 0 Å². The summed E-state index contributed by atoms with van der Waals surface area (Å²) < 4.78 is 4.48. The van der Waals surface area contributed by atoms with E-state index in [2.05, 4.69) is 29.1 Å². The number of hydrogen-bond acceptors (Lipinski definition) is 3. The van der Waals surface area contributed by atoms with Gasteiger partial charge in [-0.3, -0.25) is 0 Å². The fourth-order valence-electron chi connectivity index (χ4n) is 1.44. The number of methoxy groups -OCH3 is 1. The monoisotopic (exact) mass is 219 g/mol. The van der Waals surface area contributed by atoms with Crippen LogP contribution in [0.1, 0.15) is 18.1 Å². The van der Waals surface area contributed by atoms with E-state index in [1.807, 2.05) is 12.1 Å². The molecule has 0 bridgehead atoms. The molecule has 1 aromatic rings. The molecule has 1 aromatic carbocycles. The van der Waals surface area contributed by atoms with E-state index in [4.69, 9.17) is 0 Å². The summed E-state index contributed by atoms with van der Waals surface area (Å²) in [5, 5.41) is 3.06. The Morgan fingerprint density at radius 3 is 2.69 bits per heavy atom. The first kappa shape index (κ1) is 12.3. The van der Waals surface area contributed by atoms with Crippen LogP contribution < -0.4 is 5.32 Å². The first-order chi connectivity index (χ1) is 7.77. The highest BCUT2D eigenvalue weighted by molar-refractivity contribution is 5.81. The molecule has 3 heteroatoms. The minimum atomic E-state index is -0.351. The molecule has 0 aromatic heterocycles. The van der Waals surface area contributed by atoms with E-state index < -0.39 is 0 Å². The fraction of sp³-hybridized carbons (Fsp3) is 0.308. The lowest BCUT2D eigenvalue weighted by molar-refractivity contribution is -0.134. The second-order valence-electron chi connectivity index (χ2n) is 3.36. The average Bonchev–Trinajstić information content (AvgIpc) is 2.34. The predicted molar refractivity (Wildman–Crippen MR) is 63.8 cm³/mol. The van der Waals surface area contributed by atoms with Crippen LogP contribution >= 0.6 is 0 Å². The molecule has 0 saturated heterocycles. The van der Waals surface area contributed by atoms with E-state index in [1.54, 1.807) is 6.20 Å². The maximum atomic E-state index is 10.8. The Bertz CT molecular complexity index is 372. The van der Waals surface area contributed by atoms with Crippen molar-refractivity contribution in [3.63, 3.8) is 0 Å². The molecule has 0 aliphatic heterocycles. The van der Waals surface area contributed by atoms with E-state index in [-0.39, 0.29) is 5.97 Å². The third-order valence-corrected chi connectivity index (χ3v) is 2.33. The van der Waals surface area contributed by atoms with Gasteiger partial charge in [0, 0.05) is 18.8 Å². The van der Waals surface area contributed by atoms with E-state index in [9.17, 15) is 4.79 Å². The van der Waals surface area contributed by atoms with Crippen LogP contribution in [0.5, 0.6) is 0 Å². The van der Waals surface area contributed by atoms with E-state index >= 15 is 0 Å². The highest BCUT2D eigenvalue weighted by Crippen LogP contribution is 2.08. The van der Waals surface area contributed by atoms with Crippen molar-refractivity contribution in [2.24, 2.45) is 0 Å². The molecular weight excluding hydrogens is 202 g/mol. The molecule has 0 fully saturated rings. The number of nitrogens with one attached hydrogen (secondary N) is 1. The number of hydrogen-bond donors (Lipinski definition) is 1. The topological polar surface area (TPSA) is 38.3 Å². The molecule has 0 spiro atoms. The SMILES string of the molecule is CCc1ccccc1CN/C=C/C(=O)OC. The summed E-state index contributed by atoms with van der Waals surface area (Å²) in [7, 11) is 1.36. The number of aryl methyl sites for hydroxylation is 1. The van der Waals surface area contributed by atoms with Gasteiger partial charge in [-0.15, -0.1) is 0 Å². The van der Waals surface area contributed by atoms with Gasteiger partial charge in [-0.2, -0.15) is 0 Å². The van der Waals surface area contributed by atoms with Gasteiger partial charge in [-0.1, -0.05) is 31.2 Å². The Morgan fingerprint density at radius 2 is 2.06 bits per heavy atom. The number of benzene rings is 1. The molecule has 1 rings (SSSR count). The summed E-state index contributed by atoms with van der Waals surface area (Å²) in [6, 6.07) is 8.24. The van der Waals surface area contributed by atoms with Gasteiger partial charge in [0.2, 0.25) is 0 Å². The van der Waals surface area contributed by atoms with Crippen LogP contribution in [-0.2, 0) is 22.5 Å². The van der Waals surface area contributed by atoms with Gasteiger partial charge in [-0.05, 0) is 17.5 Å². The smallest absolute Gasteiger partial charge is 0.331 e. The molecule has 16 heavy (non-hydrogen) atoms. The van der Waals surface area contributed by atoms with Gasteiger partial charge in [0.05, 0.1) is 7.11 Å². The maximum absolute atomic E-state index is 10.8. The molecule has 0 unspecified atom stereocenters. The summed E-state index contributed by atoms with van der Waals surface area (Å²) in [5.74, 6) is -0.351. The Kier molecular flexibility index (Phi) is 5.12. The predicted octanol–water partition coefficient (Wildman–Crippen LogP) is 2.03. The van der Waals surface area contributed by atoms with Gasteiger partial charge >= 0.3 is 5.97 Å². The lowest BCUT2D eigenvalue weighted by Crippen LogP contribution is -2.08. The highest BCUT2D eigenvalue weighted by atomic mass is 16.5. The maximum Gasteiger partial charge on any atom is 0.331 e. The third kappa shape index (κ3) is 3.77. The number of esters is 1. The summed E-state index contributed by atoms with van der Waals surface area (Å²) in [6.45, 7) is 2.85. The quantitative estimate of drug-likeness (QED) is 0.608. The molecule has 3 nitrogen and oxygen atoms in total. The first-order valence-corrected chi connectivity index (χ1v) is 5.32. The minimum Gasteiger partial charge on any atom is -0.466 e. The van der Waals surface area contributed by atoms with E-state index in [0.717, 1.165) is 13.0 Å². The molecule has 0 saturated carbocycles. The molecule has 0 radical (unpaired) electrons. The van der Waals surface area contributed by atoms with E-state index in [0.29, 0.717) is 0 Å². The van der Waals surface area contributed by atoms with Crippen LogP contribution in [-0.4, -0.2) is 13.1 Å². The minimum absolute atomic E-state index is 0.351. The van der Waals surface area contributed by atoms with Crippen LogP contribution in [0, 0.1) is 0 Å². The zero-order valence-electron chi connectivity index (χ0n) is 9.69. The molecule has 0 aliphatic rings. The summed E-state index contributed by atoms with van der Waals surface area (Å²) >= 11 is 0.